The highest BCUT2D eigenvalue weighted by atomic mass is 16.4. The van der Waals surface area contributed by atoms with Gasteiger partial charge >= 0.3 is 5.97 Å². The lowest BCUT2D eigenvalue weighted by molar-refractivity contribution is -0.142. The zero-order valence-electron chi connectivity index (χ0n) is 10.7. The van der Waals surface area contributed by atoms with E-state index in [2.05, 4.69) is 20.6 Å². The van der Waals surface area contributed by atoms with Gasteiger partial charge in [0.15, 0.2) is 0 Å². The molecular weight excluding hydrogens is 248 g/mol. The van der Waals surface area contributed by atoms with Crippen molar-refractivity contribution in [3.63, 3.8) is 0 Å². The Balaban J connectivity index is 1.96. The van der Waals surface area contributed by atoms with E-state index >= 15 is 0 Å². The number of carbonyl (C=O) groups excluding carboxylic acids is 1. The van der Waals surface area contributed by atoms with E-state index in [4.69, 9.17) is 5.11 Å². The molecule has 104 valence electrons. The number of carboxylic acid groups (broad SMARTS) is 1. The number of carboxylic acids is 1. The molecule has 19 heavy (non-hydrogen) atoms. The number of nitrogens with one attached hydrogen (secondary N) is 3. The van der Waals surface area contributed by atoms with Gasteiger partial charge in [0, 0.05) is 18.3 Å². The second-order valence-corrected chi connectivity index (χ2v) is 4.88. The molecule has 4 N–H and O–H groups in total. The van der Waals surface area contributed by atoms with E-state index in [0.29, 0.717) is 5.69 Å². The van der Waals surface area contributed by atoms with Crippen LogP contribution >= 0.6 is 0 Å². The molecule has 1 aromatic rings. The Morgan fingerprint density at radius 3 is 2.95 bits per heavy atom. The van der Waals surface area contributed by atoms with Crippen LogP contribution in [0.25, 0.3) is 0 Å². The van der Waals surface area contributed by atoms with Crippen LogP contribution in [0.3, 0.4) is 0 Å². The van der Waals surface area contributed by atoms with Crippen LogP contribution in [0.4, 0.5) is 0 Å². The summed E-state index contributed by atoms with van der Waals surface area (Å²) in [6.45, 7) is 2.77. The van der Waals surface area contributed by atoms with Gasteiger partial charge in [-0.3, -0.25) is 4.79 Å². The van der Waals surface area contributed by atoms with E-state index in [9.17, 15) is 9.59 Å². The van der Waals surface area contributed by atoms with Gasteiger partial charge < -0.3 is 20.7 Å². The SMILES string of the molecule is CC1CCNC1C(=O)N[C@H](Cc1cnc[nH]1)C(=O)O. The Morgan fingerprint density at radius 1 is 1.63 bits per heavy atom. The average Bonchev–Trinajstić information content (AvgIpc) is 2.99. The van der Waals surface area contributed by atoms with Crippen molar-refractivity contribution >= 4 is 11.9 Å². The maximum absolute atomic E-state index is 12.0. The zero-order chi connectivity index (χ0) is 13.8. The van der Waals surface area contributed by atoms with Gasteiger partial charge in [-0.2, -0.15) is 0 Å². The molecule has 7 heteroatoms. The number of aromatic amines is 1. The standard InChI is InChI=1S/C12H18N4O3/c1-7-2-3-14-10(7)11(17)16-9(12(18)19)4-8-5-13-6-15-8/h5-7,9-10,14H,2-4H2,1H3,(H,13,15)(H,16,17)(H,18,19)/t7?,9-,10?/m1/s1. The molecule has 2 heterocycles. The summed E-state index contributed by atoms with van der Waals surface area (Å²) in [7, 11) is 0. The third-order valence-corrected chi connectivity index (χ3v) is 3.41. The van der Waals surface area contributed by atoms with Crippen molar-refractivity contribution in [2.75, 3.05) is 6.54 Å². The Morgan fingerprint density at radius 2 is 2.42 bits per heavy atom. The fourth-order valence-electron chi connectivity index (χ4n) is 2.26. The fraction of sp³-hybridized carbons (Fsp3) is 0.583. The van der Waals surface area contributed by atoms with Crippen LogP contribution in [0.2, 0.25) is 0 Å². The van der Waals surface area contributed by atoms with Crippen LogP contribution in [-0.4, -0.2) is 45.6 Å². The minimum absolute atomic E-state index is 0.197. The van der Waals surface area contributed by atoms with Gasteiger partial charge in [-0.15, -0.1) is 0 Å². The number of hydrogen-bond donors (Lipinski definition) is 4. The maximum Gasteiger partial charge on any atom is 0.326 e. The minimum atomic E-state index is -1.05. The molecule has 2 rings (SSSR count). The van der Waals surface area contributed by atoms with Crippen molar-refractivity contribution in [1.29, 1.82) is 0 Å². The van der Waals surface area contributed by atoms with Crippen molar-refractivity contribution in [2.45, 2.75) is 31.8 Å². The third kappa shape index (κ3) is 3.31. The number of aromatic nitrogens is 2. The van der Waals surface area contributed by atoms with Crippen LogP contribution in [0.5, 0.6) is 0 Å². The van der Waals surface area contributed by atoms with Gasteiger partial charge in [0.05, 0.1) is 12.4 Å². The number of amides is 1. The molecule has 7 nitrogen and oxygen atoms in total. The van der Waals surface area contributed by atoms with E-state index in [1.54, 1.807) is 6.20 Å². The predicted octanol–water partition coefficient (Wildman–Crippen LogP) is -0.480. The first kappa shape index (κ1) is 13.5. The minimum Gasteiger partial charge on any atom is -0.480 e. The smallest absolute Gasteiger partial charge is 0.326 e. The molecule has 1 aliphatic heterocycles. The molecule has 0 aliphatic carbocycles. The van der Waals surface area contributed by atoms with Gasteiger partial charge in [0.1, 0.15) is 6.04 Å². The number of H-pyrrole nitrogens is 1. The van der Waals surface area contributed by atoms with Gasteiger partial charge in [-0.25, -0.2) is 9.78 Å². The lowest BCUT2D eigenvalue weighted by atomic mass is 10.0. The normalized spacial score (nSPS) is 24.1. The first-order valence-electron chi connectivity index (χ1n) is 6.31. The Bertz CT molecular complexity index is 446. The predicted molar refractivity (Wildman–Crippen MR) is 67.4 cm³/mol. The number of imidazole rings is 1. The third-order valence-electron chi connectivity index (χ3n) is 3.41. The molecule has 1 aromatic heterocycles. The molecule has 0 saturated carbocycles. The quantitative estimate of drug-likeness (QED) is 0.576. The second kappa shape index (κ2) is 5.83. The summed E-state index contributed by atoms with van der Waals surface area (Å²) >= 11 is 0. The first-order valence-corrected chi connectivity index (χ1v) is 6.31. The maximum atomic E-state index is 12.0. The average molecular weight is 266 g/mol. The summed E-state index contributed by atoms with van der Waals surface area (Å²) < 4.78 is 0. The Hall–Kier alpha value is -1.89. The summed E-state index contributed by atoms with van der Waals surface area (Å²) in [5.41, 5.74) is 0.681. The molecule has 0 bridgehead atoms. The van der Waals surface area contributed by atoms with E-state index in [0.717, 1.165) is 13.0 Å². The Kier molecular flexibility index (Phi) is 4.16. The molecular formula is C12H18N4O3. The molecule has 0 aromatic carbocycles. The van der Waals surface area contributed by atoms with Crippen LogP contribution in [0, 0.1) is 5.92 Å². The monoisotopic (exact) mass is 266 g/mol. The van der Waals surface area contributed by atoms with Crippen molar-refractivity contribution in [2.24, 2.45) is 5.92 Å². The van der Waals surface area contributed by atoms with Crippen LogP contribution in [0.15, 0.2) is 12.5 Å². The summed E-state index contributed by atoms with van der Waals surface area (Å²) in [5, 5.41) is 14.8. The first-order chi connectivity index (χ1) is 9.08. The molecule has 1 fully saturated rings. The topological polar surface area (TPSA) is 107 Å². The number of aliphatic carboxylic acids is 1. The highest BCUT2D eigenvalue weighted by molar-refractivity contribution is 5.87. The second-order valence-electron chi connectivity index (χ2n) is 4.88. The number of nitrogens with zero attached hydrogens (tertiary/aromatic N) is 1. The van der Waals surface area contributed by atoms with E-state index in [1.807, 2.05) is 6.92 Å². The van der Waals surface area contributed by atoms with Crippen LogP contribution in [-0.2, 0) is 16.0 Å². The van der Waals surface area contributed by atoms with Crippen molar-refractivity contribution in [1.82, 2.24) is 20.6 Å². The highest BCUT2D eigenvalue weighted by Crippen LogP contribution is 2.14. The van der Waals surface area contributed by atoms with Gasteiger partial charge in [0.2, 0.25) is 5.91 Å². The lowest BCUT2D eigenvalue weighted by Crippen LogP contribution is -2.50. The summed E-state index contributed by atoms with van der Waals surface area (Å²) in [6.07, 6.45) is 4.16. The fourth-order valence-corrected chi connectivity index (χ4v) is 2.26. The van der Waals surface area contributed by atoms with Gasteiger partial charge in [0.25, 0.3) is 0 Å². The molecule has 0 radical (unpaired) electrons. The van der Waals surface area contributed by atoms with Gasteiger partial charge in [-0.1, -0.05) is 6.92 Å². The van der Waals surface area contributed by atoms with Crippen molar-refractivity contribution < 1.29 is 14.7 Å². The summed E-state index contributed by atoms with van der Waals surface area (Å²) in [4.78, 5) is 29.9. The summed E-state index contributed by atoms with van der Waals surface area (Å²) in [6, 6.07) is -1.24. The highest BCUT2D eigenvalue weighted by Gasteiger charge is 2.32. The lowest BCUT2D eigenvalue weighted by Gasteiger charge is -2.19. The molecule has 1 aliphatic rings. The van der Waals surface area contributed by atoms with Crippen LogP contribution in [0.1, 0.15) is 19.0 Å². The van der Waals surface area contributed by atoms with Crippen molar-refractivity contribution in [3.8, 4) is 0 Å². The molecule has 1 amide bonds. The Labute approximate surface area is 110 Å². The number of carbonyl (C=O) groups is 2. The summed E-state index contributed by atoms with van der Waals surface area (Å²) in [5.74, 6) is -1.08. The van der Waals surface area contributed by atoms with Gasteiger partial charge in [-0.05, 0) is 18.9 Å². The van der Waals surface area contributed by atoms with E-state index < -0.39 is 12.0 Å². The van der Waals surface area contributed by atoms with Crippen molar-refractivity contribution in [3.05, 3.63) is 18.2 Å². The van der Waals surface area contributed by atoms with E-state index in [1.165, 1.54) is 6.33 Å². The zero-order valence-corrected chi connectivity index (χ0v) is 10.7. The largest absolute Gasteiger partial charge is 0.480 e. The van der Waals surface area contributed by atoms with Crippen LogP contribution < -0.4 is 10.6 Å². The molecule has 3 atom stereocenters. The number of hydrogen-bond acceptors (Lipinski definition) is 4. The molecule has 0 spiro atoms. The molecule has 1 saturated heterocycles. The number of rotatable bonds is 5. The molecule has 2 unspecified atom stereocenters. The van der Waals surface area contributed by atoms with E-state index in [-0.39, 0.29) is 24.3 Å².